The molecular weight excluding hydrogens is 304 g/mol. The van der Waals surface area contributed by atoms with Crippen LogP contribution in [0, 0.1) is 5.92 Å². The molecule has 3 rings (SSSR count). The second kappa shape index (κ2) is 6.61. The summed E-state index contributed by atoms with van der Waals surface area (Å²) in [5, 5.41) is 12.5. The molecule has 0 saturated heterocycles. The van der Waals surface area contributed by atoms with E-state index in [1.54, 1.807) is 11.9 Å². The molecule has 1 aliphatic rings. The molecule has 0 spiro atoms. The molecule has 0 unspecified atom stereocenters. The minimum Gasteiger partial charge on any atom is -0.390 e. The van der Waals surface area contributed by atoms with Gasteiger partial charge in [-0.15, -0.1) is 0 Å². The van der Waals surface area contributed by atoms with E-state index in [2.05, 4.69) is 0 Å². The lowest BCUT2D eigenvalue weighted by Gasteiger charge is -2.28. The van der Waals surface area contributed by atoms with E-state index in [1.807, 2.05) is 42.5 Å². The van der Waals surface area contributed by atoms with Crippen LogP contribution in [0.4, 0.5) is 0 Å². The Balaban J connectivity index is 1.70. The molecule has 0 bridgehead atoms. The Hall–Kier alpha value is -2.40. The molecule has 0 heterocycles. The zero-order chi connectivity index (χ0) is 17.3. The summed E-state index contributed by atoms with van der Waals surface area (Å²) in [6, 6.07) is 13.6. The molecular formula is C19H22N2O3. The lowest BCUT2D eigenvalue weighted by atomic mass is 10.0. The molecule has 1 saturated carbocycles. The first-order chi connectivity index (χ1) is 11.5. The molecule has 5 nitrogen and oxygen atoms in total. The van der Waals surface area contributed by atoms with Crippen LogP contribution in [0.2, 0.25) is 0 Å². The molecule has 0 aromatic heterocycles. The fraction of sp³-hybridized carbons (Fsp3) is 0.368. The molecule has 2 aromatic carbocycles. The topological polar surface area (TPSA) is 83.6 Å². The van der Waals surface area contributed by atoms with Crippen molar-refractivity contribution in [2.75, 3.05) is 7.05 Å². The molecule has 3 N–H and O–H groups in total. The normalized spacial score (nSPS) is 23.3. The van der Waals surface area contributed by atoms with Crippen molar-refractivity contribution >= 4 is 22.6 Å². The molecule has 1 fully saturated rings. The number of nitrogens with two attached hydrogens (primary N) is 1. The standard InChI is InChI=1S/C19H22N2O3/c1-21(16-9-8-15(18(16)23)19(20)24)17(22)11-12-6-7-13-4-2-3-5-14(13)10-12/h2-7,10,15-16,18,23H,8-9,11H2,1H3,(H2,20,24)/t15-,16-,18+/m1/s1. The van der Waals surface area contributed by atoms with Crippen molar-refractivity contribution in [2.45, 2.75) is 31.4 Å². The minimum absolute atomic E-state index is 0.0700. The number of amides is 2. The predicted molar refractivity (Wildman–Crippen MR) is 92.1 cm³/mol. The van der Waals surface area contributed by atoms with Gasteiger partial charge in [-0.1, -0.05) is 42.5 Å². The first-order valence-electron chi connectivity index (χ1n) is 8.18. The summed E-state index contributed by atoms with van der Waals surface area (Å²) in [6.07, 6.45) is 0.503. The first kappa shape index (κ1) is 16.5. The van der Waals surface area contributed by atoms with Crippen molar-refractivity contribution in [3.63, 3.8) is 0 Å². The average molecular weight is 326 g/mol. The summed E-state index contributed by atoms with van der Waals surface area (Å²) in [6.45, 7) is 0. The quantitative estimate of drug-likeness (QED) is 0.892. The molecule has 5 heteroatoms. The summed E-state index contributed by atoms with van der Waals surface area (Å²) >= 11 is 0. The van der Waals surface area contributed by atoms with Crippen LogP contribution in [0.15, 0.2) is 42.5 Å². The first-order valence-corrected chi connectivity index (χ1v) is 8.18. The summed E-state index contributed by atoms with van der Waals surface area (Å²) in [5.41, 5.74) is 6.24. The molecule has 3 atom stereocenters. The summed E-state index contributed by atoms with van der Waals surface area (Å²) in [4.78, 5) is 25.4. The van der Waals surface area contributed by atoms with E-state index in [0.29, 0.717) is 12.8 Å². The SMILES string of the molecule is CN(C(=O)Cc1ccc2ccccc2c1)[C@@H]1CC[C@@H](C(N)=O)[C@@H]1O. The van der Waals surface area contributed by atoms with Crippen molar-refractivity contribution < 1.29 is 14.7 Å². The second-order valence-electron chi connectivity index (χ2n) is 6.51. The van der Waals surface area contributed by atoms with Crippen LogP contribution in [0.1, 0.15) is 18.4 Å². The lowest BCUT2D eigenvalue weighted by molar-refractivity contribution is -0.135. The monoisotopic (exact) mass is 326 g/mol. The maximum Gasteiger partial charge on any atom is 0.227 e. The smallest absolute Gasteiger partial charge is 0.227 e. The van der Waals surface area contributed by atoms with E-state index in [-0.39, 0.29) is 18.4 Å². The predicted octanol–water partition coefficient (Wildman–Crippen LogP) is 1.47. The van der Waals surface area contributed by atoms with Crippen LogP contribution in [0.5, 0.6) is 0 Å². The largest absolute Gasteiger partial charge is 0.390 e. The molecule has 2 aromatic rings. The number of nitrogens with zero attached hydrogens (tertiary/aromatic N) is 1. The maximum atomic E-state index is 12.6. The van der Waals surface area contributed by atoms with Gasteiger partial charge < -0.3 is 15.7 Å². The zero-order valence-electron chi connectivity index (χ0n) is 13.7. The van der Waals surface area contributed by atoms with Gasteiger partial charge in [-0.25, -0.2) is 0 Å². The van der Waals surface area contributed by atoms with Crippen LogP contribution in [0.3, 0.4) is 0 Å². The van der Waals surface area contributed by atoms with Crippen molar-refractivity contribution in [1.29, 1.82) is 0 Å². The van der Waals surface area contributed by atoms with E-state index in [0.717, 1.165) is 16.3 Å². The molecule has 0 aliphatic heterocycles. The Bertz CT molecular complexity index is 774. The number of aliphatic hydroxyl groups is 1. The Morgan fingerprint density at radius 2 is 1.88 bits per heavy atom. The van der Waals surface area contributed by atoms with Gasteiger partial charge in [-0.05, 0) is 29.2 Å². The van der Waals surface area contributed by atoms with Gasteiger partial charge in [-0.3, -0.25) is 9.59 Å². The molecule has 24 heavy (non-hydrogen) atoms. The number of hydrogen-bond acceptors (Lipinski definition) is 3. The van der Waals surface area contributed by atoms with Gasteiger partial charge >= 0.3 is 0 Å². The van der Waals surface area contributed by atoms with Crippen molar-refractivity contribution in [3.8, 4) is 0 Å². The van der Waals surface area contributed by atoms with Crippen LogP contribution >= 0.6 is 0 Å². The highest BCUT2D eigenvalue weighted by atomic mass is 16.3. The van der Waals surface area contributed by atoms with Gasteiger partial charge in [0.05, 0.1) is 24.5 Å². The molecule has 0 radical (unpaired) electrons. The van der Waals surface area contributed by atoms with Crippen LogP contribution in [0.25, 0.3) is 10.8 Å². The number of primary amides is 1. The van der Waals surface area contributed by atoms with Crippen LogP contribution < -0.4 is 5.73 Å². The molecule has 1 aliphatic carbocycles. The lowest BCUT2D eigenvalue weighted by Crippen LogP contribution is -2.45. The Kier molecular flexibility index (Phi) is 4.53. The van der Waals surface area contributed by atoms with E-state index in [1.165, 1.54) is 0 Å². The number of fused-ring (bicyclic) bond motifs is 1. The zero-order valence-corrected chi connectivity index (χ0v) is 13.7. The highest BCUT2D eigenvalue weighted by Crippen LogP contribution is 2.29. The number of carbonyl (C=O) groups is 2. The number of rotatable bonds is 4. The van der Waals surface area contributed by atoms with Gasteiger partial charge in [0.2, 0.25) is 11.8 Å². The average Bonchev–Trinajstić information content (AvgIpc) is 2.95. The summed E-state index contributed by atoms with van der Waals surface area (Å²) in [5.74, 6) is -1.13. The summed E-state index contributed by atoms with van der Waals surface area (Å²) < 4.78 is 0. The van der Waals surface area contributed by atoms with E-state index in [4.69, 9.17) is 5.73 Å². The van der Waals surface area contributed by atoms with Crippen molar-refractivity contribution in [3.05, 3.63) is 48.0 Å². The fourth-order valence-corrected chi connectivity index (χ4v) is 3.53. The van der Waals surface area contributed by atoms with Gasteiger partial charge in [0, 0.05) is 7.05 Å². The van der Waals surface area contributed by atoms with Gasteiger partial charge in [0.25, 0.3) is 0 Å². The third kappa shape index (κ3) is 3.12. The second-order valence-corrected chi connectivity index (χ2v) is 6.51. The van der Waals surface area contributed by atoms with E-state index >= 15 is 0 Å². The Morgan fingerprint density at radius 1 is 1.17 bits per heavy atom. The highest BCUT2D eigenvalue weighted by Gasteiger charge is 2.41. The number of likely N-dealkylation sites (N-methyl/N-ethyl adjacent to an activating group) is 1. The number of aliphatic hydroxyl groups excluding tert-OH is 1. The van der Waals surface area contributed by atoms with Gasteiger partial charge in [0.15, 0.2) is 0 Å². The fourth-order valence-electron chi connectivity index (χ4n) is 3.53. The number of carbonyl (C=O) groups excluding carboxylic acids is 2. The van der Waals surface area contributed by atoms with Crippen molar-refractivity contribution in [2.24, 2.45) is 11.7 Å². The number of benzene rings is 2. The third-order valence-corrected chi connectivity index (χ3v) is 5.01. The van der Waals surface area contributed by atoms with E-state index < -0.39 is 17.9 Å². The maximum absolute atomic E-state index is 12.6. The van der Waals surface area contributed by atoms with Crippen LogP contribution in [-0.4, -0.2) is 41.0 Å². The van der Waals surface area contributed by atoms with Gasteiger partial charge in [-0.2, -0.15) is 0 Å². The summed E-state index contributed by atoms with van der Waals surface area (Å²) in [7, 11) is 1.68. The van der Waals surface area contributed by atoms with Crippen LogP contribution in [-0.2, 0) is 16.0 Å². The van der Waals surface area contributed by atoms with Gasteiger partial charge in [0.1, 0.15) is 0 Å². The Morgan fingerprint density at radius 3 is 2.54 bits per heavy atom. The van der Waals surface area contributed by atoms with E-state index in [9.17, 15) is 14.7 Å². The number of hydrogen-bond donors (Lipinski definition) is 2. The third-order valence-electron chi connectivity index (χ3n) is 5.01. The minimum atomic E-state index is -0.881. The Labute approximate surface area is 141 Å². The molecule has 126 valence electrons. The highest BCUT2D eigenvalue weighted by molar-refractivity contribution is 5.85. The molecule has 2 amide bonds. The van der Waals surface area contributed by atoms with Crippen molar-refractivity contribution in [1.82, 2.24) is 4.90 Å².